The lowest BCUT2D eigenvalue weighted by Crippen LogP contribution is -2.38. The second-order valence-electron chi connectivity index (χ2n) is 5.69. The van der Waals surface area contributed by atoms with Gasteiger partial charge in [0.1, 0.15) is 0 Å². The number of benzene rings is 1. The zero-order valence-electron chi connectivity index (χ0n) is 12.4. The Hall–Kier alpha value is -1.07. The Morgan fingerprint density at radius 3 is 2.95 bits per heavy atom. The third-order valence-corrected chi connectivity index (χ3v) is 4.49. The Bertz CT molecular complexity index is 493. The first-order valence-corrected chi connectivity index (χ1v) is 8.37. The van der Waals surface area contributed by atoms with Gasteiger partial charge in [0.05, 0.1) is 5.56 Å². The van der Waals surface area contributed by atoms with E-state index < -0.39 is 5.97 Å². The Kier molecular flexibility index (Phi) is 6.06. The summed E-state index contributed by atoms with van der Waals surface area (Å²) in [6.45, 7) is 5.48. The number of carboxylic acids is 1. The van der Waals surface area contributed by atoms with Gasteiger partial charge in [0.15, 0.2) is 0 Å². The summed E-state index contributed by atoms with van der Waals surface area (Å²) in [6.07, 6.45) is 5.04. The summed E-state index contributed by atoms with van der Waals surface area (Å²) in [7, 11) is 0. The van der Waals surface area contributed by atoms with E-state index in [2.05, 4.69) is 33.1 Å². The lowest BCUT2D eigenvalue weighted by Gasteiger charge is -2.33. The molecular weight excluding hydrogens is 332 g/mol. The van der Waals surface area contributed by atoms with Crippen LogP contribution >= 0.6 is 15.9 Å². The molecule has 116 valence electrons. The van der Waals surface area contributed by atoms with Crippen LogP contribution in [0.1, 0.15) is 43.0 Å². The molecule has 0 radical (unpaired) electrons. The van der Waals surface area contributed by atoms with Crippen molar-refractivity contribution in [2.45, 2.75) is 38.6 Å². The zero-order valence-corrected chi connectivity index (χ0v) is 14.0. The smallest absolute Gasteiger partial charge is 0.335 e. The predicted molar refractivity (Wildman–Crippen MR) is 89.1 cm³/mol. The van der Waals surface area contributed by atoms with Crippen molar-refractivity contribution < 1.29 is 9.90 Å². The molecule has 1 unspecified atom stereocenters. The Morgan fingerprint density at radius 1 is 1.43 bits per heavy atom. The molecule has 1 atom stereocenters. The van der Waals surface area contributed by atoms with Gasteiger partial charge in [0, 0.05) is 29.3 Å². The highest BCUT2D eigenvalue weighted by Gasteiger charge is 2.17. The number of hydrogen-bond donors (Lipinski definition) is 2. The van der Waals surface area contributed by atoms with Crippen molar-refractivity contribution in [2.75, 3.05) is 25.0 Å². The Balaban J connectivity index is 1.79. The number of anilines is 1. The van der Waals surface area contributed by atoms with Crippen molar-refractivity contribution in [1.82, 2.24) is 4.90 Å². The molecule has 2 rings (SSSR count). The van der Waals surface area contributed by atoms with E-state index in [1.54, 1.807) is 12.1 Å². The summed E-state index contributed by atoms with van der Waals surface area (Å²) in [4.78, 5) is 13.6. The van der Waals surface area contributed by atoms with Gasteiger partial charge in [-0.25, -0.2) is 4.79 Å². The van der Waals surface area contributed by atoms with Crippen LogP contribution in [0.25, 0.3) is 0 Å². The fourth-order valence-electron chi connectivity index (χ4n) is 2.82. The third-order valence-electron chi connectivity index (χ3n) is 4.04. The normalized spacial score (nSPS) is 19.4. The lowest BCUT2D eigenvalue weighted by molar-refractivity contribution is 0.0697. The minimum atomic E-state index is -0.901. The SMILES string of the molecule is CC1CCCCN1CCCNc1cc(Br)cc(C(=O)O)c1. The minimum absolute atomic E-state index is 0.302. The van der Waals surface area contributed by atoms with E-state index in [1.165, 1.54) is 25.8 Å². The molecule has 1 aromatic rings. The van der Waals surface area contributed by atoms with E-state index in [4.69, 9.17) is 5.11 Å². The number of nitrogens with zero attached hydrogens (tertiary/aromatic N) is 1. The summed E-state index contributed by atoms with van der Waals surface area (Å²) in [5, 5.41) is 12.4. The number of likely N-dealkylation sites (tertiary alicyclic amines) is 1. The highest BCUT2D eigenvalue weighted by atomic mass is 79.9. The first-order valence-electron chi connectivity index (χ1n) is 7.58. The minimum Gasteiger partial charge on any atom is -0.478 e. The van der Waals surface area contributed by atoms with Crippen LogP contribution in [0.3, 0.4) is 0 Å². The fraction of sp³-hybridized carbons (Fsp3) is 0.562. The molecule has 1 aromatic carbocycles. The maximum atomic E-state index is 11.0. The quantitative estimate of drug-likeness (QED) is 0.762. The number of halogens is 1. The molecule has 4 nitrogen and oxygen atoms in total. The van der Waals surface area contributed by atoms with Crippen molar-refractivity contribution in [3.8, 4) is 0 Å². The molecule has 1 aliphatic rings. The van der Waals surface area contributed by atoms with E-state index in [1.807, 2.05) is 6.07 Å². The number of nitrogens with one attached hydrogen (secondary N) is 1. The van der Waals surface area contributed by atoms with Crippen LogP contribution in [-0.2, 0) is 0 Å². The number of piperidine rings is 1. The lowest BCUT2D eigenvalue weighted by atomic mass is 10.0. The molecular formula is C16H23BrN2O2. The average Bonchev–Trinajstić information content (AvgIpc) is 2.44. The average molecular weight is 355 g/mol. The molecule has 0 aliphatic carbocycles. The number of carboxylic acid groups (broad SMARTS) is 1. The van der Waals surface area contributed by atoms with E-state index in [9.17, 15) is 4.79 Å². The van der Waals surface area contributed by atoms with Gasteiger partial charge >= 0.3 is 5.97 Å². The summed E-state index contributed by atoms with van der Waals surface area (Å²) >= 11 is 3.35. The zero-order chi connectivity index (χ0) is 15.2. The molecule has 0 aromatic heterocycles. The molecule has 1 heterocycles. The summed E-state index contributed by atoms with van der Waals surface area (Å²) in [5.74, 6) is -0.901. The number of hydrogen-bond acceptors (Lipinski definition) is 3. The highest BCUT2D eigenvalue weighted by Crippen LogP contribution is 2.20. The molecule has 0 bridgehead atoms. The standard InChI is InChI=1S/C16H23BrN2O2/c1-12-5-2-3-7-19(12)8-4-6-18-15-10-13(16(20)21)9-14(17)11-15/h9-12,18H,2-8H2,1H3,(H,20,21). The molecule has 5 heteroatoms. The van der Waals surface area contributed by atoms with E-state index in [-0.39, 0.29) is 0 Å². The van der Waals surface area contributed by atoms with Crippen LogP contribution in [0.4, 0.5) is 5.69 Å². The van der Waals surface area contributed by atoms with E-state index >= 15 is 0 Å². The number of carbonyl (C=O) groups is 1. The van der Waals surface area contributed by atoms with E-state index in [0.717, 1.165) is 29.7 Å². The summed E-state index contributed by atoms with van der Waals surface area (Å²) in [6, 6.07) is 5.90. The van der Waals surface area contributed by atoms with Crippen LogP contribution in [0.15, 0.2) is 22.7 Å². The van der Waals surface area contributed by atoms with Gasteiger partial charge in [-0.2, -0.15) is 0 Å². The van der Waals surface area contributed by atoms with Gasteiger partial charge in [0.25, 0.3) is 0 Å². The summed E-state index contributed by atoms with van der Waals surface area (Å²) < 4.78 is 0.787. The van der Waals surface area contributed by atoms with Crippen molar-refractivity contribution in [3.63, 3.8) is 0 Å². The van der Waals surface area contributed by atoms with Crippen LogP contribution in [-0.4, -0.2) is 41.7 Å². The first kappa shape index (κ1) is 16.3. The second-order valence-corrected chi connectivity index (χ2v) is 6.61. The maximum absolute atomic E-state index is 11.0. The molecule has 0 saturated carbocycles. The molecule has 0 amide bonds. The van der Waals surface area contributed by atoms with Gasteiger partial charge in [-0.1, -0.05) is 22.4 Å². The third kappa shape index (κ3) is 5.00. The largest absolute Gasteiger partial charge is 0.478 e. The second kappa shape index (κ2) is 7.80. The topological polar surface area (TPSA) is 52.6 Å². The molecule has 1 saturated heterocycles. The highest BCUT2D eigenvalue weighted by molar-refractivity contribution is 9.10. The molecule has 2 N–H and O–H groups in total. The summed E-state index contributed by atoms with van der Waals surface area (Å²) in [5.41, 5.74) is 1.16. The van der Waals surface area contributed by atoms with Crippen LogP contribution in [0.2, 0.25) is 0 Å². The predicted octanol–water partition coefficient (Wildman–Crippen LogP) is 3.82. The molecule has 0 spiro atoms. The van der Waals surface area contributed by atoms with Gasteiger partial charge in [0.2, 0.25) is 0 Å². The molecule has 1 fully saturated rings. The monoisotopic (exact) mass is 354 g/mol. The van der Waals surface area contributed by atoms with Gasteiger partial charge in [-0.05, 0) is 50.9 Å². The van der Waals surface area contributed by atoms with Gasteiger partial charge in [-0.15, -0.1) is 0 Å². The van der Waals surface area contributed by atoms with Crippen molar-refractivity contribution in [2.24, 2.45) is 0 Å². The maximum Gasteiger partial charge on any atom is 0.335 e. The fourth-order valence-corrected chi connectivity index (χ4v) is 3.31. The number of aromatic carboxylic acids is 1. The van der Waals surface area contributed by atoms with Crippen molar-refractivity contribution in [1.29, 1.82) is 0 Å². The van der Waals surface area contributed by atoms with Crippen LogP contribution < -0.4 is 5.32 Å². The molecule has 21 heavy (non-hydrogen) atoms. The van der Waals surface area contributed by atoms with E-state index in [0.29, 0.717) is 11.6 Å². The van der Waals surface area contributed by atoms with Crippen LogP contribution in [0, 0.1) is 0 Å². The van der Waals surface area contributed by atoms with Gasteiger partial charge in [-0.3, -0.25) is 0 Å². The van der Waals surface area contributed by atoms with Crippen LogP contribution in [0.5, 0.6) is 0 Å². The van der Waals surface area contributed by atoms with Gasteiger partial charge < -0.3 is 15.3 Å². The molecule has 1 aliphatic heterocycles. The number of rotatable bonds is 6. The first-order chi connectivity index (χ1) is 10.1. The van der Waals surface area contributed by atoms with Crippen molar-refractivity contribution >= 4 is 27.6 Å². The Morgan fingerprint density at radius 2 is 2.24 bits per heavy atom. The Labute approximate surface area is 134 Å². The van der Waals surface area contributed by atoms with Crippen molar-refractivity contribution in [3.05, 3.63) is 28.2 Å².